The van der Waals surface area contributed by atoms with Gasteiger partial charge in [0, 0.05) is 5.69 Å². The third-order valence-electron chi connectivity index (χ3n) is 7.11. The fraction of sp³-hybridized carbons (Fsp3) is 0.367. The minimum atomic E-state index is -3.88. The molecule has 0 spiro atoms. The highest BCUT2D eigenvalue weighted by atomic mass is 32.2. The molecule has 212 valence electrons. The summed E-state index contributed by atoms with van der Waals surface area (Å²) in [5, 5.41) is -0.142. The molecular weight excluding hydrogens is 533 g/mol. The van der Waals surface area contributed by atoms with E-state index in [1.807, 2.05) is 13.0 Å². The van der Waals surface area contributed by atoms with Gasteiger partial charge in [0.05, 0.1) is 17.8 Å². The number of esters is 1. The molecule has 1 fully saturated rings. The number of nitrogens with zero attached hydrogens (tertiary/aromatic N) is 1. The van der Waals surface area contributed by atoms with Gasteiger partial charge in [-0.05, 0) is 86.1 Å². The fourth-order valence-electron chi connectivity index (χ4n) is 5.04. The van der Waals surface area contributed by atoms with E-state index >= 15 is 0 Å². The average Bonchev–Trinajstić information content (AvgIpc) is 2.91. The van der Waals surface area contributed by atoms with E-state index < -0.39 is 33.9 Å². The number of Topliss-reactive ketones (excluding diaryl/α,β-unsaturated/α-hetero) is 1. The van der Waals surface area contributed by atoms with Crippen LogP contribution in [0, 0.1) is 17.7 Å². The maximum Gasteiger partial charge on any atom is 0.316 e. The summed E-state index contributed by atoms with van der Waals surface area (Å²) >= 11 is 0. The first-order valence-electron chi connectivity index (χ1n) is 13.5. The predicted octanol–water partition coefficient (Wildman–Crippen LogP) is 5.09. The summed E-state index contributed by atoms with van der Waals surface area (Å²) in [5.41, 5.74) is 8.13. The van der Waals surface area contributed by atoms with E-state index in [9.17, 15) is 22.4 Å². The van der Waals surface area contributed by atoms with E-state index in [0.29, 0.717) is 49.9 Å². The number of aromatic nitrogens is 1. The Labute approximate surface area is 234 Å². The maximum absolute atomic E-state index is 13.5. The maximum atomic E-state index is 13.5. The van der Waals surface area contributed by atoms with Crippen LogP contribution in [0.4, 0.5) is 15.8 Å². The first kappa shape index (κ1) is 29.2. The Hall–Kier alpha value is -3.79. The zero-order valence-electron chi connectivity index (χ0n) is 22.4. The standard InChI is InChI=1S/C30H34FN3O5S/c1-2-5-27-25(16-12-20-10-13-22(31)14-11-20)29(35)26(30(36)39-27)9-4-7-21-6-3-8-24(18-21)34-40(37,38)28-17-15-23(32)19-33-28/h3,6,8,10-11,13-15,17-19,25-27,34H,2,4-5,7,9,12,16,32H2,1H3/t25-,26?,27+/m1/s1. The van der Waals surface area contributed by atoms with Crippen molar-refractivity contribution in [3.8, 4) is 0 Å². The lowest BCUT2D eigenvalue weighted by molar-refractivity contribution is -0.171. The second-order valence-electron chi connectivity index (χ2n) is 10.1. The molecule has 1 aromatic heterocycles. The Balaban J connectivity index is 1.37. The molecule has 8 nitrogen and oxygen atoms in total. The Morgan fingerprint density at radius 3 is 2.45 bits per heavy atom. The molecule has 3 aromatic rings. The highest BCUT2D eigenvalue weighted by Crippen LogP contribution is 2.32. The highest BCUT2D eigenvalue weighted by molar-refractivity contribution is 7.92. The number of carbonyl (C=O) groups excluding carboxylic acids is 2. The molecule has 3 N–H and O–H groups in total. The van der Waals surface area contributed by atoms with Gasteiger partial charge in [0.1, 0.15) is 17.8 Å². The number of ether oxygens (including phenoxy) is 1. The van der Waals surface area contributed by atoms with Crippen LogP contribution in [0.5, 0.6) is 0 Å². The summed E-state index contributed by atoms with van der Waals surface area (Å²) in [4.78, 5) is 30.1. The van der Waals surface area contributed by atoms with Crippen molar-refractivity contribution in [1.29, 1.82) is 0 Å². The van der Waals surface area contributed by atoms with Crippen LogP contribution in [0.15, 0.2) is 71.9 Å². The van der Waals surface area contributed by atoms with Crippen molar-refractivity contribution >= 4 is 33.2 Å². The Morgan fingerprint density at radius 1 is 0.975 bits per heavy atom. The van der Waals surface area contributed by atoms with E-state index in [1.54, 1.807) is 30.3 Å². The van der Waals surface area contributed by atoms with E-state index in [0.717, 1.165) is 17.5 Å². The van der Waals surface area contributed by atoms with Crippen molar-refractivity contribution in [2.24, 2.45) is 11.8 Å². The summed E-state index contributed by atoms with van der Waals surface area (Å²) in [6, 6.07) is 16.0. The molecule has 4 rings (SSSR count). The summed E-state index contributed by atoms with van der Waals surface area (Å²) in [6.07, 6.45) is 4.80. The average molecular weight is 568 g/mol. The molecule has 2 aromatic carbocycles. The third-order valence-corrected chi connectivity index (χ3v) is 8.41. The topological polar surface area (TPSA) is 128 Å². The van der Waals surface area contributed by atoms with Crippen molar-refractivity contribution in [3.63, 3.8) is 0 Å². The number of hydrogen-bond donors (Lipinski definition) is 2. The lowest BCUT2D eigenvalue weighted by Crippen LogP contribution is -2.46. The van der Waals surface area contributed by atoms with Crippen LogP contribution in [0.1, 0.15) is 50.2 Å². The van der Waals surface area contributed by atoms with Gasteiger partial charge in [-0.2, -0.15) is 8.42 Å². The van der Waals surface area contributed by atoms with Gasteiger partial charge in [-0.1, -0.05) is 37.6 Å². The van der Waals surface area contributed by atoms with E-state index in [1.165, 1.54) is 30.5 Å². The second-order valence-corrected chi connectivity index (χ2v) is 11.7. The smallest absolute Gasteiger partial charge is 0.316 e. The molecule has 1 unspecified atom stereocenters. The van der Waals surface area contributed by atoms with Crippen molar-refractivity contribution in [2.45, 2.75) is 63.0 Å². The number of rotatable bonds is 12. The number of carbonyl (C=O) groups is 2. The zero-order chi connectivity index (χ0) is 28.7. The minimum Gasteiger partial charge on any atom is -0.461 e. The number of anilines is 2. The lowest BCUT2D eigenvalue weighted by Gasteiger charge is -2.34. The van der Waals surface area contributed by atoms with Gasteiger partial charge in [0.15, 0.2) is 10.8 Å². The molecule has 1 aliphatic rings. The van der Waals surface area contributed by atoms with E-state index in [-0.39, 0.29) is 16.6 Å². The molecule has 0 aliphatic carbocycles. The number of benzene rings is 2. The molecule has 0 saturated carbocycles. The van der Waals surface area contributed by atoms with Gasteiger partial charge < -0.3 is 10.5 Å². The molecule has 10 heteroatoms. The van der Waals surface area contributed by atoms with Crippen molar-refractivity contribution in [2.75, 3.05) is 10.5 Å². The van der Waals surface area contributed by atoms with E-state index in [2.05, 4.69) is 9.71 Å². The Morgan fingerprint density at radius 2 is 1.75 bits per heavy atom. The fourth-order valence-corrected chi connectivity index (χ4v) is 6.02. The van der Waals surface area contributed by atoms with Gasteiger partial charge >= 0.3 is 5.97 Å². The molecule has 0 amide bonds. The van der Waals surface area contributed by atoms with Crippen LogP contribution >= 0.6 is 0 Å². The Kier molecular flexibility index (Phi) is 9.52. The first-order chi connectivity index (χ1) is 19.2. The first-order valence-corrected chi connectivity index (χ1v) is 15.0. The number of nitrogens with one attached hydrogen (secondary N) is 1. The van der Waals surface area contributed by atoms with Gasteiger partial charge in [0.2, 0.25) is 0 Å². The normalized spacial score (nSPS) is 19.3. The van der Waals surface area contributed by atoms with Crippen LogP contribution in [0.3, 0.4) is 0 Å². The monoisotopic (exact) mass is 567 g/mol. The highest BCUT2D eigenvalue weighted by Gasteiger charge is 2.43. The number of aryl methyl sites for hydroxylation is 2. The number of pyridine rings is 1. The molecule has 0 bridgehead atoms. The van der Waals surface area contributed by atoms with Gasteiger partial charge in [-0.15, -0.1) is 0 Å². The number of halogens is 1. The van der Waals surface area contributed by atoms with Gasteiger partial charge in [-0.3, -0.25) is 14.3 Å². The number of sulfonamides is 1. The number of nitrogen functional groups attached to an aromatic ring is 1. The summed E-state index contributed by atoms with van der Waals surface area (Å²) < 4.78 is 46.9. The van der Waals surface area contributed by atoms with Crippen LogP contribution in [0.2, 0.25) is 0 Å². The molecule has 3 atom stereocenters. The largest absolute Gasteiger partial charge is 0.461 e. The zero-order valence-corrected chi connectivity index (χ0v) is 23.2. The quantitative estimate of drug-likeness (QED) is 0.231. The molecule has 1 aliphatic heterocycles. The molecule has 2 heterocycles. The summed E-state index contributed by atoms with van der Waals surface area (Å²) in [5.74, 6) is -2.10. The molecule has 40 heavy (non-hydrogen) atoms. The van der Waals surface area contributed by atoms with Crippen LogP contribution < -0.4 is 10.5 Å². The summed E-state index contributed by atoms with van der Waals surface area (Å²) in [6.45, 7) is 1.99. The van der Waals surface area contributed by atoms with Crippen LogP contribution in [-0.2, 0) is 37.2 Å². The van der Waals surface area contributed by atoms with Gasteiger partial charge in [0.25, 0.3) is 10.0 Å². The Bertz CT molecular complexity index is 1430. The number of cyclic esters (lactones) is 1. The number of ketones is 1. The second kappa shape index (κ2) is 13.0. The van der Waals surface area contributed by atoms with Crippen molar-refractivity contribution in [3.05, 3.63) is 83.8 Å². The third kappa shape index (κ3) is 7.44. The van der Waals surface area contributed by atoms with Crippen LogP contribution in [-0.4, -0.2) is 31.3 Å². The van der Waals surface area contributed by atoms with Crippen LogP contribution in [0.25, 0.3) is 0 Å². The molecule has 1 saturated heterocycles. The lowest BCUT2D eigenvalue weighted by atomic mass is 9.79. The van der Waals surface area contributed by atoms with Crippen molar-refractivity contribution in [1.82, 2.24) is 4.98 Å². The minimum absolute atomic E-state index is 0.0886. The molecule has 0 radical (unpaired) electrons. The van der Waals surface area contributed by atoms with E-state index in [4.69, 9.17) is 10.5 Å². The number of nitrogens with two attached hydrogens (primary N) is 1. The predicted molar refractivity (Wildman–Crippen MR) is 150 cm³/mol. The number of hydrogen-bond acceptors (Lipinski definition) is 7. The van der Waals surface area contributed by atoms with Gasteiger partial charge in [-0.25, -0.2) is 9.37 Å². The SMILES string of the molecule is CCC[C@@H]1OC(=O)C(CCCc2cccc(NS(=O)(=O)c3ccc(N)cn3)c2)C(=O)[C@@H]1CCc1ccc(F)cc1. The summed E-state index contributed by atoms with van der Waals surface area (Å²) in [7, 11) is -3.88. The molecular formula is C30H34FN3O5S. The van der Waals surface area contributed by atoms with Crippen molar-refractivity contribution < 1.29 is 27.1 Å².